The van der Waals surface area contributed by atoms with Crippen molar-refractivity contribution in [2.45, 2.75) is 37.3 Å². The zero-order chi connectivity index (χ0) is 30.9. The lowest BCUT2D eigenvalue weighted by atomic mass is 10.1. The molecule has 10 heteroatoms. The Morgan fingerprint density at radius 2 is 1.89 bits per heavy atom. The second-order valence-corrected chi connectivity index (χ2v) is 12.7. The predicted molar refractivity (Wildman–Crippen MR) is 170 cm³/mol. The van der Waals surface area contributed by atoms with Gasteiger partial charge in [0.2, 0.25) is 0 Å². The Balaban J connectivity index is 1.30. The molecule has 0 bridgehead atoms. The normalized spacial score (nSPS) is 16.2. The molecule has 0 radical (unpaired) electrons. The van der Waals surface area contributed by atoms with Crippen LogP contribution in [0.1, 0.15) is 56.9 Å². The first-order valence-electron chi connectivity index (χ1n) is 14.3. The van der Waals surface area contributed by atoms with Crippen molar-refractivity contribution in [3.05, 3.63) is 113 Å². The van der Waals surface area contributed by atoms with E-state index in [9.17, 15) is 18.2 Å². The number of piperidine rings is 1. The predicted octanol–water partition coefficient (Wildman–Crippen LogP) is 5.25. The Morgan fingerprint density at radius 1 is 1.07 bits per heavy atom. The first-order valence-corrected chi connectivity index (χ1v) is 15.9. The van der Waals surface area contributed by atoms with Gasteiger partial charge in [-0.2, -0.15) is 0 Å². The number of aryl methyl sites for hydroxylation is 1. The van der Waals surface area contributed by atoms with Crippen LogP contribution in [0.15, 0.2) is 94.7 Å². The minimum Gasteiger partial charge on any atom is -0.459 e. The van der Waals surface area contributed by atoms with E-state index in [1.54, 1.807) is 73.0 Å². The number of pyridine rings is 1. The lowest BCUT2D eigenvalue weighted by molar-refractivity contribution is 0.0978. The number of benzene rings is 2. The smallest absolute Gasteiger partial charge is 0.291 e. The second kappa shape index (κ2) is 14.2. The van der Waals surface area contributed by atoms with Crippen molar-refractivity contribution in [1.29, 1.82) is 0 Å². The average molecular weight is 613 g/mol. The quantitative estimate of drug-likeness (QED) is 0.208. The minimum absolute atomic E-state index is 0.208. The van der Waals surface area contributed by atoms with Crippen LogP contribution < -0.4 is 10.0 Å². The van der Waals surface area contributed by atoms with E-state index in [4.69, 9.17) is 4.42 Å². The van der Waals surface area contributed by atoms with Crippen LogP contribution in [-0.2, 0) is 9.71 Å². The fourth-order valence-electron chi connectivity index (χ4n) is 4.86. The summed E-state index contributed by atoms with van der Waals surface area (Å²) in [5, 5.41) is 4.43. The van der Waals surface area contributed by atoms with Gasteiger partial charge in [-0.1, -0.05) is 36.1 Å². The number of halogens is 1. The fraction of sp³-hybridized carbons (Fsp3) is 0.235. The Labute approximate surface area is 256 Å². The van der Waals surface area contributed by atoms with Crippen molar-refractivity contribution >= 4 is 32.6 Å². The number of carbonyl (C=O) groups excluding carboxylic acids is 2. The molecule has 226 valence electrons. The van der Waals surface area contributed by atoms with Crippen molar-refractivity contribution in [3.63, 3.8) is 0 Å². The number of carbonyl (C=O) groups is 2. The summed E-state index contributed by atoms with van der Waals surface area (Å²) in [5.41, 5.74) is 2.63. The van der Waals surface area contributed by atoms with Gasteiger partial charge in [-0.15, -0.1) is 0 Å². The molecule has 4 aromatic rings. The number of hydrogen-bond donors (Lipinski definition) is 2. The maximum atomic E-state index is 14.1. The summed E-state index contributed by atoms with van der Waals surface area (Å²) in [6.45, 7) is 3.52. The number of rotatable bonds is 8. The summed E-state index contributed by atoms with van der Waals surface area (Å²) < 4.78 is 35.9. The third-order valence-corrected chi connectivity index (χ3v) is 9.29. The lowest BCUT2D eigenvalue weighted by Gasteiger charge is -2.28. The molecule has 0 saturated carbocycles. The monoisotopic (exact) mass is 612 g/mol. The first kappa shape index (κ1) is 30.7. The molecule has 2 aromatic carbocycles. The molecule has 2 atom stereocenters. The molecule has 5 rings (SSSR count). The number of aromatic nitrogens is 1. The topological polar surface area (TPSA) is 105 Å². The average Bonchev–Trinajstić information content (AvgIpc) is 3.47. The fourth-order valence-corrected chi connectivity index (χ4v) is 6.65. The molecule has 44 heavy (non-hydrogen) atoms. The van der Waals surface area contributed by atoms with Gasteiger partial charge in [0.05, 0.1) is 21.5 Å². The Bertz CT molecular complexity index is 1820. The van der Waals surface area contributed by atoms with Crippen LogP contribution in [0.25, 0.3) is 0 Å². The van der Waals surface area contributed by atoms with Gasteiger partial charge in [0.15, 0.2) is 5.76 Å². The molecule has 0 spiro atoms. The van der Waals surface area contributed by atoms with E-state index >= 15 is 0 Å². The van der Waals surface area contributed by atoms with Crippen molar-refractivity contribution in [1.82, 2.24) is 14.6 Å². The molecule has 2 unspecified atom stereocenters. The highest BCUT2D eigenvalue weighted by atomic mass is 32.2. The molecule has 1 fully saturated rings. The molecule has 3 heterocycles. The zero-order valence-corrected chi connectivity index (χ0v) is 25.1. The van der Waals surface area contributed by atoms with Gasteiger partial charge >= 0.3 is 0 Å². The molecule has 1 aliphatic rings. The maximum Gasteiger partial charge on any atom is 0.291 e. The standard InChI is InChI=1S/C34H33FN4O4S/c1-25-15-18-43-32(25)34(41)37-30-10-5-8-26(21-30)13-14-27-20-28(23-36-22-27)33(40)38-44(42,31-11-3-2-4-12-31)19-7-17-39-16-6-9-29(35)24-39/h2-5,8,10-12,15,18-23,29H,6-7,9,16-17,24H2,1H3,(H,37,41)(H,38,40,42). The van der Waals surface area contributed by atoms with Gasteiger partial charge in [0.1, 0.15) is 6.17 Å². The van der Waals surface area contributed by atoms with Gasteiger partial charge < -0.3 is 14.6 Å². The highest BCUT2D eigenvalue weighted by Gasteiger charge is 2.20. The summed E-state index contributed by atoms with van der Waals surface area (Å²) in [6.07, 6.45) is 5.35. The second-order valence-electron chi connectivity index (χ2n) is 10.5. The van der Waals surface area contributed by atoms with Crippen LogP contribution in [0.5, 0.6) is 0 Å². The van der Waals surface area contributed by atoms with Gasteiger partial charge in [0.25, 0.3) is 11.8 Å². The molecule has 1 aliphatic heterocycles. The van der Waals surface area contributed by atoms with Crippen LogP contribution in [0.4, 0.5) is 10.1 Å². The van der Waals surface area contributed by atoms with Gasteiger partial charge in [-0.05, 0) is 80.6 Å². The van der Waals surface area contributed by atoms with Crippen molar-refractivity contribution in [2.75, 3.05) is 25.0 Å². The molecule has 1 saturated heterocycles. The highest BCUT2D eigenvalue weighted by molar-refractivity contribution is 8.00. The van der Waals surface area contributed by atoms with E-state index in [2.05, 4.69) is 26.9 Å². The van der Waals surface area contributed by atoms with Crippen molar-refractivity contribution in [2.24, 2.45) is 0 Å². The number of hydrogen-bond acceptors (Lipinski definition) is 6. The van der Waals surface area contributed by atoms with Crippen LogP contribution in [0.3, 0.4) is 0 Å². The molecule has 0 aliphatic carbocycles. The van der Waals surface area contributed by atoms with Gasteiger partial charge in [0, 0.05) is 52.8 Å². The molecule has 2 aromatic heterocycles. The Hall–Kier alpha value is -4.72. The van der Waals surface area contributed by atoms with Gasteiger partial charge in [-0.3, -0.25) is 19.3 Å². The number of nitrogens with one attached hydrogen (secondary N) is 2. The van der Waals surface area contributed by atoms with Gasteiger partial charge in [-0.25, -0.2) is 8.60 Å². The van der Waals surface area contributed by atoms with E-state index < -0.39 is 21.8 Å². The Morgan fingerprint density at radius 3 is 2.66 bits per heavy atom. The number of likely N-dealkylation sites (tertiary alicyclic amines) is 1. The van der Waals surface area contributed by atoms with E-state index in [1.807, 2.05) is 11.0 Å². The Kier molecular flexibility index (Phi) is 9.89. The van der Waals surface area contributed by atoms with Crippen LogP contribution in [0.2, 0.25) is 0 Å². The molecular weight excluding hydrogens is 579 g/mol. The molecule has 8 nitrogen and oxygen atoms in total. The number of anilines is 1. The molecule has 2 N–H and O–H groups in total. The first-order chi connectivity index (χ1) is 21.3. The zero-order valence-electron chi connectivity index (χ0n) is 24.3. The summed E-state index contributed by atoms with van der Waals surface area (Å²) in [5.74, 6) is 5.37. The number of amides is 2. The lowest BCUT2D eigenvalue weighted by Crippen LogP contribution is -2.38. The largest absolute Gasteiger partial charge is 0.459 e. The summed E-state index contributed by atoms with van der Waals surface area (Å²) >= 11 is 0. The van der Waals surface area contributed by atoms with Crippen molar-refractivity contribution < 1.29 is 22.6 Å². The third kappa shape index (κ3) is 8.01. The van der Waals surface area contributed by atoms with Crippen LogP contribution in [-0.4, -0.2) is 57.1 Å². The van der Waals surface area contributed by atoms with E-state index in [-0.39, 0.29) is 17.2 Å². The number of alkyl halides is 1. The highest BCUT2D eigenvalue weighted by Crippen LogP contribution is 2.16. The maximum absolute atomic E-state index is 14.1. The van der Waals surface area contributed by atoms with Crippen LogP contribution in [0, 0.1) is 18.8 Å². The summed E-state index contributed by atoms with van der Waals surface area (Å²) in [4.78, 5) is 32.5. The van der Waals surface area contributed by atoms with E-state index in [1.165, 1.54) is 18.7 Å². The minimum atomic E-state index is -3.08. The molecule has 2 amide bonds. The molecular formula is C34H33FN4O4S. The van der Waals surface area contributed by atoms with Crippen LogP contribution >= 0.6 is 0 Å². The third-order valence-electron chi connectivity index (χ3n) is 7.12. The summed E-state index contributed by atoms with van der Waals surface area (Å²) in [7, 11) is -3.08. The SMILES string of the molecule is Cc1ccoc1C(=O)Nc1cccc(C#Cc2cncc(C(=O)NS(=O)(=CCCN3CCCC(F)C3)c3ccccc3)c2)c1. The van der Waals surface area contributed by atoms with Crippen molar-refractivity contribution in [3.8, 4) is 11.8 Å². The summed E-state index contributed by atoms with van der Waals surface area (Å²) in [6, 6.07) is 19.1. The van der Waals surface area contributed by atoms with E-state index in [0.29, 0.717) is 47.6 Å². The number of nitrogens with zero attached hydrogens (tertiary/aromatic N) is 2. The number of furan rings is 1. The van der Waals surface area contributed by atoms with E-state index in [0.717, 1.165) is 18.5 Å².